The fourth-order valence-electron chi connectivity index (χ4n) is 5.24. The predicted octanol–water partition coefficient (Wildman–Crippen LogP) is 4.16. The zero-order valence-corrected chi connectivity index (χ0v) is 21.1. The summed E-state index contributed by atoms with van der Waals surface area (Å²) >= 11 is 6.11. The summed E-state index contributed by atoms with van der Waals surface area (Å²) in [5.74, 6) is -0.648. The van der Waals surface area contributed by atoms with Crippen molar-refractivity contribution < 1.29 is 14.7 Å². The van der Waals surface area contributed by atoms with Crippen molar-refractivity contribution in [3.8, 4) is 0 Å². The van der Waals surface area contributed by atoms with E-state index in [2.05, 4.69) is 27.6 Å². The molecule has 0 radical (unpaired) electrons. The van der Waals surface area contributed by atoms with Crippen molar-refractivity contribution in [1.29, 1.82) is 0 Å². The highest BCUT2D eigenvalue weighted by atomic mass is 35.5. The lowest BCUT2D eigenvalue weighted by molar-refractivity contribution is -0.138. The number of rotatable bonds is 9. The van der Waals surface area contributed by atoms with Crippen molar-refractivity contribution in [2.75, 3.05) is 0 Å². The Morgan fingerprint density at radius 1 is 1.13 bits per heavy atom. The molecule has 2 aliphatic carbocycles. The summed E-state index contributed by atoms with van der Waals surface area (Å²) in [7, 11) is 0. The van der Waals surface area contributed by atoms with Crippen molar-refractivity contribution in [3.63, 3.8) is 0 Å². The molecule has 2 saturated carbocycles. The molecule has 10 nitrogen and oxygen atoms in total. The van der Waals surface area contributed by atoms with Gasteiger partial charge in [-0.05, 0) is 54.9 Å². The topological polar surface area (TPSA) is 120 Å². The Balaban J connectivity index is 1.08. The first-order chi connectivity index (χ1) is 18.4. The molecule has 192 valence electrons. The van der Waals surface area contributed by atoms with Gasteiger partial charge in [0, 0.05) is 36.0 Å². The van der Waals surface area contributed by atoms with Gasteiger partial charge in [-0.3, -0.25) is 9.59 Å². The molecule has 0 amide bonds. The van der Waals surface area contributed by atoms with Crippen LogP contribution in [0.2, 0.25) is 5.02 Å². The summed E-state index contributed by atoms with van der Waals surface area (Å²) in [6, 6.07) is 5.78. The van der Waals surface area contributed by atoms with Crippen molar-refractivity contribution in [2.45, 2.75) is 50.5 Å². The highest BCUT2D eigenvalue weighted by Gasteiger charge is 2.46. The van der Waals surface area contributed by atoms with Crippen LogP contribution in [-0.4, -0.2) is 50.6 Å². The van der Waals surface area contributed by atoms with Crippen LogP contribution in [0.3, 0.4) is 0 Å². The van der Waals surface area contributed by atoms with E-state index in [-0.39, 0.29) is 24.0 Å². The van der Waals surface area contributed by atoms with E-state index in [9.17, 15) is 14.7 Å². The van der Waals surface area contributed by atoms with E-state index in [1.807, 2.05) is 27.3 Å². The van der Waals surface area contributed by atoms with Crippen LogP contribution in [-0.2, 0) is 17.8 Å². The molecule has 0 spiro atoms. The van der Waals surface area contributed by atoms with Crippen molar-refractivity contribution in [3.05, 3.63) is 82.5 Å². The third-order valence-corrected chi connectivity index (χ3v) is 7.76. The second kappa shape index (κ2) is 8.76. The van der Waals surface area contributed by atoms with Gasteiger partial charge in [0.25, 0.3) is 0 Å². The Morgan fingerprint density at radius 3 is 2.79 bits per heavy atom. The molecule has 2 unspecified atom stereocenters. The van der Waals surface area contributed by atoms with Crippen LogP contribution in [0.15, 0.2) is 49.3 Å². The number of ketones is 1. The maximum Gasteiger partial charge on any atom is 0.307 e. The predicted molar refractivity (Wildman–Crippen MR) is 138 cm³/mol. The Kier molecular flexibility index (Phi) is 5.33. The lowest BCUT2D eigenvalue weighted by Gasteiger charge is -2.07. The van der Waals surface area contributed by atoms with Gasteiger partial charge in [0.15, 0.2) is 5.78 Å². The first-order valence-electron chi connectivity index (χ1n) is 12.7. The molecule has 2 atom stereocenters. The summed E-state index contributed by atoms with van der Waals surface area (Å²) in [6.45, 7) is 0.359. The molecule has 11 heteroatoms. The number of Topliss-reactive ketones (excluding diaryl/α,β-unsaturated/α-hetero) is 1. The number of carbonyl (C=O) groups is 2. The second-order valence-corrected chi connectivity index (χ2v) is 10.7. The summed E-state index contributed by atoms with van der Waals surface area (Å²) in [5.41, 5.74) is 5.81. The number of pyridine rings is 2. The number of aliphatic carboxylic acids is 1. The van der Waals surface area contributed by atoms with Gasteiger partial charge in [0.1, 0.15) is 11.3 Å². The third-order valence-electron chi connectivity index (χ3n) is 7.52. The van der Waals surface area contributed by atoms with Gasteiger partial charge in [-0.15, -0.1) is 5.10 Å². The van der Waals surface area contributed by atoms with Gasteiger partial charge in [0.05, 0.1) is 41.9 Å². The number of carbonyl (C=O) groups excluding carboxylic acids is 1. The minimum Gasteiger partial charge on any atom is -0.481 e. The maximum absolute atomic E-state index is 12.8. The van der Waals surface area contributed by atoms with Crippen LogP contribution in [0.4, 0.5) is 0 Å². The molecule has 7 rings (SSSR count). The molecule has 0 bridgehead atoms. The Hall–Kier alpha value is -4.05. The summed E-state index contributed by atoms with van der Waals surface area (Å²) in [5, 5.41) is 18.3. The highest BCUT2D eigenvalue weighted by Crippen LogP contribution is 2.50. The molecule has 5 aromatic heterocycles. The van der Waals surface area contributed by atoms with Gasteiger partial charge in [0.2, 0.25) is 0 Å². The fourth-order valence-corrected chi connectivity index (χ4v) is 5.40. The van der Waals surface area contributed by atoms with Crippen molar-refractivity contribution >= 4 is 34.5 Å². The first kappa shape index (κ1) is 23.1. The first-order valence-corrected chi connectivity index (χ1v) is 13.1. The normalized spacial score (nSPS) is 18.9. The zero-order chi connectivity index (χ0) is 26.0. The van der Waals surface area contributed by atoms with Gasteiger partial charge in [-0.2, -0.15) is 0 Å². The average molecular weight is 530 g/mol. The lowest BCUT2D eigenvalue weighted by Crippen LogP contribution is -2.03. The van der Waals surface area contributed by atoms with E-state index < -0.39 is 5.97 Å². The molecule has 38 heavy (non-hydrogen) atoms. The monoisotopic (exact) mass is 529 g/mol. The van der Waals surface area contributed by atoms with Crippen LogP contribution in [0, 0.1) is 5.92 Å². The smallest absolute Gasteiger partial charge is 0.307 e. The summed E-state index contributed by atoms with van der Waals surface area (Å²) < 4.78 is 5.50. The van der Waals surface area contributed by atoms with E-state index in [0.717, 1.165) is 28.1 Å². The van der Waals surface area contributed by atoms with Gasteiger partial charge in [-0.1, -0.05) is 22.9 Å². The number of carboxylic acids is 1. The average Bonchev–Trinajstić information content (AvgIpc) is 3.78. The fraction of sp³-hybridized carbons (Fsp3) is 0.333. The molecule has 5 heterocycles. The number of nitrogens with zero attached hydrogens (tertiary/aromatic N) is 7. The Labute approximate surface area is 221 Å². The van der Waals surface area contributed by atoms with E-state index in [0.29, 0.717) is 36.0 Å². The maximum atomic E-state index is 12.8. The van der Waals surface area contributed by atoms with E-state index in [1.54, 1.807) is 23.3 Å². The molecule has 2 aliphatic rings. The van der Waals surface area contributed by atoms with Crippen molar-refractivity contribution in [2.24, 2.45) is 5.92 Å². The van der Waals surface area contributed by atoms with E-state index in [4.69, 9.17) is 16.6 Å². The van der Waals surface area contributed by atoms with Crippen molar-refractivity contribution in [1.82, 2.24) is 33.8 Å². The number of carboxylic acid groups (broad SMARTS) is 1. The number of aromatic nitrogens is 7. The molecule has 5 aromatic rings. The van der Waals surface area contributed by atoms with E-state index >= 15 is 0 Å². The molecule has 2 fully saturated rings. The number of aryl methyl sites for hydroxylation is 1. The van der Waals surface area contributed by atoms with Crippen LogP contribution in [0.25, 0.3) is 11.2 Å². The van der Waals surface area contributed by atoms with Crippen LogP contribution in [0.1, 0.15) is 70.5 Å². The molecular formula is C27H24ClN7O3. The molecular weight excluding hydrogens is 506 g/mol. The van der Waals surface area contributed by atoms with Gasteiger partial charge >= 0.3 is 5.97 Å². The molecule has 0 saturated heterocycles. The number of imidazole rings is 2. The Bertz CT molecular complexity index is 1730. The number of hydrogen-bond acceptors (Lipinski definition) is 6. The lowest BCUT2D eigenvalue weighted by atomic mass is 10.1. The summed E-state index contributed by atoms with van der Waals surface area (Å²) in [4.78, 5) is 33.6. The van der Waals surface area contributed by atoms with Crippen LogP contribution < -0.4 is 0 Å². The Morgan fingerprint density at radius 2 is 2.00 bits per heavy atom. The standard InChI is InChI=1S/C27H24ClN7O3/c28-17-5-6-33-14-29-22(24(33)8-17)3-4-25(36)23-13-35(32-31-23)12-18-11-34-10-16(15-1-2-15)7-20(26(34)30-18)19-9-21(19)27(37)38/h5-8,10-11,13-15,19,21H,1-4,9,12H2,(H,37,38). The van der Waals surface area contributed by atoms with Gasteiger partial charge < -0.3 is 13.9 Å². The molecule has 1 N–H and O–H groups in total. The van der Waals surface area contributed by atoms with E-state index in [1.165, 1.54) is 18.4 Å². The minimum absolute atomic E-state index is 0.00278. The molecule has 0 aromatic carbocycles. The van der Waals surface area contributed by atoms with Gasteiger partial charge in [-0.25, -0.2) is 14.6 Å². The second-order valence-electron chi connectivity index (χ2n) is 10.3. The zero-order valence-electron chi connectivity index (χ0n) is 20.4. The third kappa shape index (κ3) is 4.24. The number of hydrogen-bond donors (Lipinski definition) is 1. The minimum atomic E-state index is -0.749. The quantitative estimate of drug-likeness (QED) is 0.285. The largest absolute Gasteiger partial charge is 0.481 e. The number of halogens is 1. The highest BCUT2D eigenvalue weighted by molar-refractivity contribution is 6.30. The SMILES string of the molecule is O=C(CCc1ncn2ccc(Cl)cc12)c1cn(Cc2cn3cc(C4CC4)cc(C4CC4C(=O)O)c3n2)nn1. The van der Waals surface area contributed by atoms with Crippen LogP contribution in [0.5, 0.6) is 0 Å². The van der Waals surface area contributed by atoms with Crippen LogP contribution >= 0.6 is 11.6 Å². The molecule has 0 aliphatic heterocycles. The number of fused-ring (bicyclic) bond motifs is 2. The summed E-state index contributed by atoms with van der Waals surface area (Å²) in [6.07, 6.45) is 13.0.